The fraction of sp³-hybridized carbons (Fsp3) is 0.556. The molecule has 5 heteroatoms. The quantitative estimate of drug-likeness (QED) is 0.431. The van der Waals surface area contributed by atoms with Gasteiger partial charge in [-0.1, -0.05) is 19.9 Å². The maximum Gasteiger partial charge on any atom is 0.505 e. The number of hydrogen-bond acceptors (Lipinski definition) is 4. The van der Waals surface area contributed by atoms with Gasteiger partial charge in [0.05, 0.1) is 12.9 Å². The first-order valence-corrected chi connectivity index (χ1v) is 4.18. The lowest BCUT2D eigenvalue weighted by molar-refractivity contribution is -0.135. The van der Waals surface area contributed by atoms with E-state index in [4.69, 9.17) is 5.11 Å². The number of carbonyl (C=O) groups excluding carboxylic acids is 1. The zero-order valence-electron chi connectivity index (χ0n) is 8.49. The zero-order chi connectivity index (χ0) is 11.4. The van der Waals surface area contributed by atoms with E-state index in [9.17, 15) is 9.59 Å². The number of carboxylic acid groups (broad SMARTS) is 1. The third kappa shape index (κ3) is 22.4. The van der Waals surface area contributed by atoms with Gasteiger partial charge in [0.15, 0.2) is 0 Å². The highest BCUT2D eigenvalue weighted by Crippen LogP contribution is 1.86. The van der Waals surface area contributed by atoms with Crippen molar-refractivity contribution in [3.63, 3.8) is 0 Å². The summed E-state index contributed by atoms with van der Waals surface area (Å²) in [6, 6.07) is 0. The standard InChI is InChI=1S/C5H10O3.C4H6O2/c1-2-3-4-8-5(6)7;1-3-6-4(2)5/h2-4H2,1H3,(H,6,7);3H,1H2,2H3. The third-order valence-corrected chi connectivity index (χ3v) is 0.973. The van der Waals surface area contributed by atoms with Gasteiger partial charge in [0.2, 0.25) is 0 Å². The first-order valence-electron chi connectivity index (χ1n) is 4.18. The van der Waals surface area contributed by atoms with E-state index >= 15 is 0 Å². The molecule has 0 radical (unpaired) electrons. The highest BCUT2D eigenvalue weighted by molar-refractivity contribution is 5.66. The summed E-state index contributed by atoms with van der Waals surface area (Å²) in [5.41, 5.74) is 0. The summed E-state index contributed by atoms with van der Waals surface area (Å²) in [5.74, 6) is -0.329. The van der Waals surface area contributed by atoms with Crippen LogP contribution >= 0.6 is 0 Å². The summed E-state index contributed by atoms with van der Waals surface area (Å²) in [7, 11) is 0. The van der Waals surface area contributed by atoms with Crippen molar-refractivity contribution in [1.29, 1.82) is 0 Å². The van der Waals surface area contributed by atoms with Crippen LogP contribution in [0.15, 0.2) is 12.8 Å². The van der Waals surface area contributed by atoms with E-state index in [1.54, 1.807) is 0 Å². The van der Waals surface area contributed by atoms with Crippen molar-refractivity contribution in [2.75, 3.05) is 6.61 Å². The predicted octanol–water partition coefficient (Wildman–Crippen LogP) is 2.17. The summed E-state index contributed by atoms with van der Waals surface area (Å²) in [4.78, 5) is 19.4. The molecule has 14 heavy (non-hydrogen) atoms. The van der Waals surface area contributed by atoms with Gasteiger partial charge in [-0.3, -0.25) is 4.79 Å². The number of carbonyl (C=O) groups is 2. The second-order valence-corrected chi connectivity index (χ2v) is 2.24. The van der Waals surface area contributed by atoms with Gasteiger partial charge in [0.25, 0.3) is 0 Å². The molecule has 0 fully saturated rings. The Morgan fingerprint density at radius 2 is 2.07 bits per heavy atom. The van der Waals surface area contributed by atoms with E-state index < -0.39 is 6.16 Å². The molecule has 1 N–H and O–H groups in total. The van der Waals surface area contributed by atoms with E-state index in [2.05, 4.69) is 16.1 Å². The normalized spacial score (nSPS) is 7.86. The number of hydrogen-bond donors (Lipinski definition) is 1. The van der Waals surface area contributed by atoms with E-state index in [0.29, 0.717) is 6.61 Å². The van der Waals surface area contributed by atoms with Crippen LogP contribution in [-0.2, 0) is 14.3 Å². The molecule has 5 nitrogen and oxygen atoms in total. The second-order valence-electron chi connectivity index (χ2n) is 2.24. The lowest BCUT2D eigenvalue weighted by atomic mass is 10.4. The van der Waals surface area contributed by atoms with Crippen LogP contribution in [0.4, 0.5) is 4.79 Å². The van der Waals surface area contributed by atoms with Crippen molar-refractivity contribution in [3.05, 3.63) is 12.8 Å². The van der Waals surface area contributed by atoms with Crippen molar-refractivity contribution in [1.82, 2.24) is 0 Å². The van der Waals surface area contributed by atoms with Crippen LogP contribution in [0.3, 0.4) is 0 Å². The monoisotopic (exact) mass is 204 g/mol. The molecule has 0 aromatic rings. The van der Waals surface area contributed by atoms with Crippen LogP contribution in [0, 0.1) is 0 Å². The minimum Gasteiger partial charge on any atom is -0.450 e. The molecule has 82 valence electrons. The molecule has 0 unspecified atom stereocenters. The van der Waals surface area contributed by atoms with E-state index in [1.807, 2.05) is 6.92 Å². The van der Waals surface area contributed by atoms with Crippen LogP contribution in [0.1, 0.15) is 26.7 Å². The molecule has 0 heterocycles. The lowest BCUT2D eigenvalue weighted by Gasteiger charge is -1.94. The molecule has 0 saturated heterocycles. The molecule has 0 aliphatic rings. The molecule has 0 aromatic carbocycles. The van der Waals surface area contributed by atoms with Crippen molar-refractivity contribution >= 4 is 12.1 Å². The Bertz CT molecular complexity index is 176. The van der Waals surface area contributed by atoms with Crippen molar-refractivity contribution < 1.29 is 24.2 Å². The summed E-state index contributed by atoms with van der Waals surface area (Å²) in [6.45, 7) is 6.78. The third-order valence-electron chi connectivity index (χ3n) is 0.973. The molecule has 0 amide bonds. The van der Waals surface area contributed by atoms with Crippen molar-refractivity contribution in [2.45, 2.75) is 26.7 Å². The summed E-state index contributed by atoms with van der Waals surface area (Å²) in [5, 5.41) is 7.92. The molecule has 0 atom stereocenters. The Balaban J connectivity index is 0. The molecule has 0 saturated carbocycles. The maximum atomic E-state index is 9.75. The van der Waals surface area contributed by atoms with Crippen LogP contribution in [0.2, 0.25) is 0 Å². The van der Waals surface area contributed by atoms with Gasteiger partial charge in [-0.2, -0.15) is 0 Å². The minimum absolute atomic E-state index is 0.325. The van der Waals surface area contributed by atoms with Crippen molar-refractivity contribution in [3.8, 4) is 0 Å². The summed E-state index contributed by atoms with van der Waals surface area (Å²) < 4.78 is 8.37. The first-order chi connectivity index (χ1) is 6.54. The largest absolute Gasteiger partial charge is 0.505 e. The topological polar surface area (TPSA) is 72.8 Å². The first kappa shape index (κ1) is 15.0. The van der Waals surface area contributed by atoms with Gasteiger partial charge < -0.3 is 14.6 Å². The zero-order valence-corrected chi connectivity index (χ0v) is 8.49. The van der Waals surface area contributed by atoms with E-state index in [0.717, 1.165) is 19.1 Å². The molecule has 0 bridgehead atoms. The number of esters is 1. The average Bonchev–Trinajstić information content (AvgIpc) is 2.05. The van der Waals surface area contributed by atoms with Gasteiger partial charge in [-0.25, -0.2) is 4.79 Å². The second kappa shape index (κ2) is 11.5. The molecular weight excluding hydrogens is 188 g/mol. The molecule has 0 aliphatic carbocycles. The molecular formula is C9H16O5. The maximum absolute atomic E-state index is 9.75. The molecule has 0 aromatic heterocycles. The molecule has 0 rings (SSSR count). The Labute approximate surface area is 83.3 Å². The van der Waals surface area contributed by atoms with Crippen LogP contribution in [0.25, 0.3) is 0 Å². The minimum atomic E-state index is -1.18. The van der Waals surface area contributed by atoms with Crippen molar-refractivity contribution in [2.24, 2.45) is 0 Å². The van der Waals surface area contributed by atoms with Crippen LogP contribution < -0.4 is 0 Å². The Hall–Kier alpha value is -1.52. The van der Waals surface area contributed by atoms with Gasteiger partial charge in [-0.15, -0.1) is 0 Å². The smallest absolute Gasteiger partial charge is 0.450 e. The van der Waals surface area contributed by atoms with Gasteiger partial charge in [0, 0.05) is 6.92 Å². The Kier molecular flexibility index (Phi) is 12.3. The molecule has 0 aliphatic heterocycles. The van der Waals surface area contributed by atoms with Gasteiger partial charge in [-0.05, 0) is 6.42 Å². The van der Waals surface area contributed by atoms with E-state index in [1.165, 1.54) is 6.92 Å². The SMILES string of the molecule is C=COC(C)=O.CCCCOC(=O)O. The number of rotatable bonds is 4. The van der Waals surface area contributed by atoms with E-state index in [-0.39, 0.29) is 5.97 Å². The number of ether oxygens (including phenoxy) is 2. The highest BCUT2D eigenvalue weighted by atomic mass is 16.7. The Morgan fingerprint density at radius 3 is 2.29 bits per heavy atom. The Morgan fingerprint density at radius 1 is 1.50 bits per heavy atom. The van der Waals surface area contributed by atoms with Gasteiger partial charge >= 0.3 is 12.1 Å². The fourth-order valence-electron chi connectivity index (χ4n) is 0.421. The average molecular weight is 204 g/mol. The number of unbranched alkanes of at least 4 members (excludes halogenated alkanes) is 1. The van der Waals surface area contributed by atoms with Crippen LogP contribution in [-0.4, -0.2) is 23.8 Å². The highest BCUT2D eigenvalue weighted by Gasteiger charge is 1.91. The van der Waals surface area contributed by atoms with Gasteiger partial charge in [0.1, 0.15) is 0 Å². The van der Waals surface area contributed by atoms with Crippen LogP contribution in [0.5, 0.6) is 0 Å². The summed E-state index contributed by atoms with van der Waals surface area (Å²) >= 11 is 0. The summed E-state index contributed by atoms with van der Waals surface area (Å²) in [6.07, 6.45) is 1.69. The fourth-order valence-corrected chi connectivity index (χ4v) is 0.421. The molecule has 0 spiro atoms. The lowest BCUT2D eigenvalue weighted by Crippen LogP contribution is -2.00. The predicted molar refractivity (Wildman–Crippen MR) is 50.8 cm³/mol.